The standard InChI is InChI=1S/C18H26O2Si2.C13H30O2Si2.2C11H28O2Si2.C11H26O2Si2.C9H22O2Si2.2C9H24O2Si2.2C7H20O2Si2/c1-21(2,3)15-16-22(4,19-17-11-7-5-8-12-17)20-18-13-9-6-10-14-18;1-9-16(6,7)10-11-17(8,14-12(2)3)15-13(4)5;1-10(2)12-14(13-11(3)4)8-9-15(5,6)7;1-10(2)12-15(7,13-11(3)4)9-8-14(5)6;1-7-12-15(6,13-8-2)11-10-14(4,5)9-3;1-7-12(4,5)8-9-13(6,10-2)11-3;1-6-10-12(11-7-2)8-9-13(3,4)5;1-6-10-13(5,11-7-2)9-8-12(3)4;1-8-10(9-2)6-7-11(3,4)5;1-8-11(5,9-2)7-6-10(3)4/h5-14H,15-16H2,1-4H3;9,12-13H,1,10-11H2,2-8H3;2*10-11,14H,8-9H2,1-7H3;9H,3,7-8,10-11H2,1-2,4-6H3;7H,1,8-9H2,2-6H3;2*12H,6-9H2,1-5H3;2*10H,6-7H2,1-5H3. The summed E-state index contributed by atoms with van der Waals surface area (Å²) in [5.74, 6) is 1.81. The molecule has 0 N–H and O–H groups in total. The lowest BCUT2D eigenvalue weighted by atomic mass is 10.3. The molecular formula is C105H248O20Si20. The van der Waals surface area contributed by atoms with Gasteiger partial charge in [-0.3, -0.25) is 0 Å². The van der Waals surface area contributed by atoms with Gasteiger partial charge in [0, 0.05) is 190 Å². The first-order valence-corrected chi connectivity index (χ1v) is 113. The number of hydrogen-bond acceptors (Lipinski definition) is 20. The Kier molecular flexibility index (Phi) is 96.4. The topological polar surface area (TPSA) is 185 Å². The normalized spacial score (nSPS) is 12.8. The van der Waals surface area contributed by atoms with Gasteiger partial charge in [0.15, 0.2) is 0 Å². The van der Waals surface area contributed by atoms with Crippen molar-refractivity contribution in [2.24, 2.45) is 0 Å². The molecule has 2 rings (SSSR count). The van der Waals surface area contributed by atoms with E-state index in [4.69, 9.17) is 88.5 Å². The molecule has 0 aliphatic heterocycles. The Morgan fingerprint density at radius 3 is 0.710 bits per heavy atom. The predicted molar refractivity (Wildman–Crippen MR) is 695 cm³/mol. The summed E-state index contributed by atoms with van der Waals surface area (Å²) in [5, 5.41) is 0. The number of hydrogen-bond donors (Lipinski definition) is 0. The van der Waals surface area contributed by atoms with Crippen LogP contribution in [-0.4, -0.2) is 290 Å². The van der Waals surface area contributed by atoms with E-state index in [2.05, 4.69) is 337 Å². The maximum atomic E-state index is 6.34. The Morgan fingerprint density at radius 2 is 0.476 bits per heavy atom. The summed E-state index contributed by atoms with van der Waals surface area (Å²) in [4.78, 5) is 0. The molecule has 20 nitrogen and oxygen atoms in total. The molecule has 40 heteroatoms. The highest BCUT2D eigenvalue weighted by Crippen LogP contribution is 2.32. The van der Waals surface area contributed by atoms with Crippen LogP contribution in [0.2, 0.25) is 324 Å². The van der Waals surface area contributed by atoms with E-state index in [1.54, 1.807) is 42.7 Å². The zero-order chi connectivity index (χ0) is 115. The van der Waals surface area contributed by atoms with E-state index in [1.807, 2.05) is 88.4 Å². The quantitative estimate of drug-likeness (QED) is 0.0569. The first-order valence-electron chi connectivity index (χ1n) is 55.7. The van der Waals surface area contributed by atoms with Gasteiger partial charge in [0.05, 0.1) is 24.2 Å². The molecule has 0 bridgehead atoms. The van der Waals surface area contributed by atoms with Crippen molar-refractivity contribution < 1.29 is 88.5 Å². The fraction of sp³-hybridized carbons (Fsp3) is 0.829. The van der Waals surface area contributed by atoms with Crippen molar-refractivity contribution in [3.8, 4) is 11.5 Å². The van der Waals surface area contributed by atoms with Crippen molar-refractivity contribution in [1.82, 2.24) is 0 Å². The summed E-state index contributed by atoms with van der Waals surface area (Å²) in [6.45, 7) is 126. The Morgan fingerprint density at radius 1 is 0.248 bits per heavy atom. The van der Waals surface area contributed by atoms with Crippen LogP contribution in [0.3, 0.4) is 0 Å². The average molecular weight is 2390 g/mol. The molecule has 0 amide bonds. The van der Waals surface area contributed by atoms with Gasteiger partial charge in [0.25, 0.3) is 0 Å². The van der Waals surface area contributed by atoms with Crippen LogP contribution in [-0.2, 0) is 79.7 Å². The highest BCUT2D eigenvalue weighted by atomic mass is 28.4. The predicted octanol–water partition coefficient (Wildman–Crippen LogP) is 31.9. The van der Waals surface area contributed by atoms with Gasteiger partial charge in [-0.05, 0) is 243 Å². The monoisotopic (exact) mass is 2390 g/mol. The lowest BCUT2D eigenvalue weighted by Gasteiger charge is -2.33. The molecule has 0 aromatic heterocycles. The molecule has 0 atom stereocenters. The lowest BCUT2D eigenvalue weighted by molar-refractivity contribution is 0.109. The molecule has 0 unspecified atom stereocenters. The van der Waals surface area contributed by atoms with Crippen molar-refractivity contribution in [3.63, 3.8) is 0 Å². The second-order valence-corrected chi connectivity index (χ2v) is 126. The Balaban J connectivity index is -0.000000241. The Labute approximate surface area is 927 Å². The van der Waals surface area contributed by atoms with E-state index in [-0.39, 0.29) is 24.4 Å². The van der Waals surface area contributed by atoms with Crippen LogP contribution >= 0.6 is 0 Å². The van der Waals surface area contributed by atoms with E-state index in [0.29, 0.717) is 12.2 Å². The summed E-state index contributed by atoms with van der Waals surface area (Å²) < 4.78 is 115. The third-order valence-corrected chi connectivity index (χ3v) is 75.0. The highest BCUT2D eigenvalue weighted by molar-refractivity contribution is 6.85. The van der Waals surface area contributed by atoms with E-state index in [0.717, 1.165) is 87.4 Å². The largest absolute Gasteiger partial charge is 0.512 e. The smallest absolute Gasteiger partial charge is 0.456 e. The van der Waals surface area contributed by atoms with E-state index in [9.17, 15) is 0 Å². The minimum Gasteiger partial charge on any atom is -0.512 e. The van der Waals surface area contributed by atoms with Gasteiger partial charge < -0.3 is 88.5 Å². The van der Waals surface area contributed by atoms with Crippen LogP contribution in [0.15, 0.2) is 97.5 Å². The molecule has 2 aromatic rings. The molecule has 0 spiro atoms. The number of rotatable bonds is 67. The fourth-order valence-corrected chi connectivity index (χ4v) is 72.5. The van der Waals surface area contributed by atoms with Gasteiger partial charge in [0.1, 0.15) is 11.5 Å². The number of para-hydroxylation sites is 2. The molecule has 0 aliphatic carbocycles. The van der Waals surface area contributed by atoms with Gasteiger partial charge in [-0.1, -0.05) is 254 Å². The second kappa shape index (κ2) is 86.8. The molecular weight excluding hydrogens is 2140 g/mol. The van der Waals surface area contributed by atoms with Crippen LogP contribution < -0.4 is 8.85 Å². The molecule has 0 aliphatic rings. The lowest BCUT2D eigenvalue weighted by Crippen LogP contribution is -2.46. The summed E-state index contributed by atoms with van der Waals surface area (Å²) in [7, 11) is -15.7. The first kappa shape index (κ1) is 161. The van der Waals surface area contributed by atoms with Crippen LogP contribution in [0.25, 0.3) is 0 Å². The van der Waals surface area contributed by atoms with Gasteiger partial charge in [-0.2, -0.15) is 0 Å². The maximum Gasteiger partial charge on any atom is 0.456 e. The minimum atomic E-state index is -2.31. The zero-order valence-corrected chi connectivity index (χ0v) is 127. The van der Waals surface area contributed by atoms with Crippen molar-refractivity contribution in [2.75, 3.05) is 82.3 Å². The van der Waals surface area contributed by atoms with E-state index >= 15 is 0 Å². The molecule has 2 aromatic carbocycles. The molecule has 145 heavy (non-hydrogen) atoms. The Hall–Kier alpha value is 0.878. The van der Waals surface area contributed by atoms with Crippen LogP contribution in [0.5, 0.6) is 11.5 Å². The maximum absolute atomic E-state index is 6.34. The summed E-state index contributed by atoms with van der Waals surface area (Å²) in [6, 6.07) is 44.2. The molecule has 0 saturated heterocycles. The van der Waals surface area contributed by atoms with Gasteiger partial charge in [-0.25, -0.2) is 0 Å². The van der Waals surface area contributed by atoms with Crippen molar-refractivity contribution in [1.29, 1.82) is 0 Å². The third kappa shape index (κ3) is 107. The third-order valence-electron chi connectivity index (χ3n) is 23.3. The van der Waals surface area contributed by atoms with Gasteiger partial charge in [-0.15, -0.1) is 36.8 Å². The summed E-state index contributed by atoms with van der Waals surface area (Å²) in [5.41, 5.74) is 6.44. The Bertz CT molecular complexity index is 3200. The number of benzene rings is 2. The molecule has 0 heterocycles. The summed E-state index contributed by atoms with van der Waals surface area (Å²) in [6.07, 6.45) is 1.69. The van der Waals surface area contributed by atoms with E-state index in [1.165, 1.54) is 84.6 Å². The highest BCUT2D eigenvalue weighted by Gasteiger charge is 2.41. The van der Waals surface area contributed by atoms with Gasteiger partial charge >= 0.3 is 87.8 Å². The molecule has 868 valence electrons. The van der Waals surface area contributed by atoms with E-state index < -0.39 is 171 Å². The average Bonchev–Trinajstić information content (AvgIpc) is 0.836. The first-order chi connectivity index (χ1) is 66.3. The van der Waals surface area contributed by atoms with Crippen LogP contribution in [0.4, 0.5) is 0 Å². The second-order valence-electron chi connectivity index (χ2n) is 49.3. The molecule has 0 saturated carbocycles. The summed E-state index contributed by atoms with van der Waals surface area (Å²) >= 11 is 0. The van der Waals surface area contributed by atoms with Gasteiger partial charge in [0.2, 0.25) is 0 Å². The van der Waals surface area contributed by atoms with Crippen LogP contribution in [0.1, 0.15) is 125 Å². The van der Waals surface area contributed by atoms with Crippen molar-refractivity contribution >= 4 is 171 Å². The van der Waals surface area contributed by atoms with Crippen molar-refractivity contribution in [3.05, 3.63) is 97.5 Å². The minimum absolute atomic E-state index is 0.249. The SMILES string of the molecule is C=C[Si](C)(C)CC[Si](C)(OC(C)C)OC(C)C.C=C[Si](C)(C)CC[Si](C)(OC)OC.C=C[Si](C)(C)CC[Si](C)(OCC)OCC.CC(C)O[SiH](CC[Si](C)(C)C)OC(C)C.CC(C)O[Si](C)(CC[SiH](C)C)OC(C)C.CCO[SiH](CC[Si](C)(C)C)OCC.CCO[Si](C)(CC[SiH](C)C)OCC.CO[SiH](CC[Si](C)(C)C)OC.CO[Si](C)(CC[SiH](C)C)OC.C[Si](C)(C)CC[Si](C)(Oc1ccccc1)Oc1ccccc1. The van der Waals surface area contributed by atoms with Crippen molar-refractivity contribution in [2.45, 2.75) is 485 Å². The zero-order valence-electron chi connectivity index (χ0n) is 106. The molecule has 0 fully saturated rings. The molecule has 0 radical (unpaired) electrons. The fourth-order valence-electron chi connectivity index (χ4n) is 13.6. The van der Waals surface area contributed by atoms with Crippen LogP contribution in [0, 0.1) is 0 Å².